The van der Waals surface area contributed by atoms with Crippen LogP contribution in [0.2, 0.25) is 0 Å². The maximum absolute atomic E-state index is 12.1. The van der Waals surface area contributed by atoms with Gasteiger partial charge in [-0.2, -0.15) is 0 Å². The number of carbonyl (C=O) groups excluding carboxylic acids is 1. The second-order valence-electron chi connectivity index (χ2n) is 4.86. The maximum atomic E-state index is 12.1. The van der Waals surface area contributed by atoms with Crippen LogP contribution in [0.3, 0.4) is 0 Å². The second kappa shape index (κ2) is 6.59. The minimum absolute atomic E-state index is 0.180. The molecule has 1 saturated heterocycles. The molecule has 0 spiro atoms. The Kier molecular flexibility index (Phi) is 5.41. The highest BCUT2D eigenvalue weighted by Crippen LogP contribution is 2.15. The van der Waals surface area contributed by atoms with Gasteiger partial charge in [0.2, 0.25) is 0 Å². The average molecular weight is 243 g/mol. The molecule has 0 radical (unpaired) electrons. The smallest absolute Gasteiger partial charge is 0.323 e. The van der Waals surface area contributed by atoms with Gasteiger partial charge >= 0.3 is 5.97 Å². The summed E-state index contributed by atoms with van der Waals surface area (Å²) in [6.07, 6.45) is 2.21. The first-order chi connectivity index (χ1) is 8.00. The Morgan fingerprint density at radius 1 is 1.41 bits per heavy atom. The van der Waals surface area contributed by atoms with Gasteiger partial charge in [-0.15, -0.1) is 0 Å². The van der Waals surface area contributed by atoms with Crippen molar-refractivity contribution in [3.05, 3.63) is 0 Å². The summed E-state index contributed by atoms with van der Waals surface area (Å²) in [6, 6.07) is 0. The molecule has 0 aromatic rings. The maximum Gasteiger partial charge on any atom is 0.323 e. The van der Waals surface area contributed by atoms with E-state index in [1.807, 2.05) is 13.8 Å². The van der Waals surface area contributed by atoms with Crippen molar-refractivity contribution >= 4 is 11.9 Å². The van der Waals surface area contributed by atoms with Crippen LogP contribution in [-0.2, 0) is 14.3 Å². The van der Waals surface area contributed by atoms with Crippen molar-refractivity contribution < 1.29 is 19.4 Å². The van der Waals surface area contributed by atoms with Gasteiger partial charge in [0.25, 0.3) is 5.91 Å². The monoisotopic (exact) mass is 243 g/mol. The SMILES string of the molecule is CC(C)CN(CC(=O)O)C(=O)C1CCCCO1. The summed E-state index contributed by atoms with van der Waals surface area (Å²) in [4.78, 5) is 24.2. The van der Waals surface area contributed by atoms with Crippen molar-refractivity contribution in [2.24, 2.45) is 5.92 Å². The first kappa shape index (κ1) is 14.0. The summed E-state index contributed by atoms with van der Waals surface area (Å²) in [6.45, 7) is 4.74. The van der Waals surface area contributed by atoms with E-state index in [2.05, 4.69) is 0 Å². The standard InChI is InChI=1S/C12H21NO4/c1-9(2)7-13(8-11(14)15)12(16)10-5-3-4-6-17-10/h9-10H,3-8H2,1-2H3,(H,14,15). The van der Waals surface area contributed by atoms with Gasteiger partial charge in [-0.1, -0.05) is 13.8 Å². The molecule has 1 unspecified atom stereocenters. The number of hydrogen-bond donors (Lipinski definition) is 1. The first-order valence-electron chi connectivity index (χ1n) is 6.13. The topological polar surface area (TPSA) is 66.8 Å². The zero-order valence-electron chi connectivity index (χ0n) is 10.5. The van der Waals surface area contributed by atoms with E-state index in [0.29, 0.717) is 19.6 Å². The Morgan fingerprint density at radius 2 is 2.12 bits per heavy atom. The van der Waals surface area contributed by atoms with Gasteiger partial charge in [0.1, 0.15) is 12.6 Å². The van der Waals surface area contributed by atoms with Crippen LogP contribution in [0.5, 0.6) is 0 Å². The highest BCUT2D eigenvalue weighted by atomic mass is 16.5. The van der Waals surface area contributed by atoms with E-state index in [4.69, 9.17) is 9.84 Å². The normalized spacial score (nSPS) is 20.3. The largest absolute Gasteiger partial charge is 0.480 e. The molecule has 1 N–H and O–H groups in total. The summed E-state index contributed by atoms with van der Waals surface area (Å²) >= 11 is 0. The molecule has 0 saturated carbocycles. The molecular weight excluding hydrogens is 222 g/mol. The summed E-state index contributed by atoms with van der Waals surface area (Å²) in [5.41, 5.74) is 0. The molecule has 1 aliphatic heterocycles. The van der Waals surface area contributed by atoms with Gasteiger partial charge in [0.15, 0.2) is 0 Å². The van der Waals surface area contributed by atoms with Crippen LogP contribution in [0.15, 0.2) is 0 Å². The zero-order valence-corrected chi connectivity index (χ0v) is 10.5. The second-order valence-corrected chi connectivity index (χ2v) is 4.86. The highest BCUT2D eigenvalue weighted by Gasteiger charge is 2.28. The fraction of sp³-hybridized carbons (Fsp3) is 0.833. The minimum Gasteiger partial charge on any atom is -0.480 e. The quantitative estimate of drug-likeness (QED) is 0.786. The molecule has 98 valence electrons. The lowest BCUT2D eigenvalue weighted by molar-refractivity contribution is -0.153. The lowest BCUT2D eigenvalue weighted by atomic mass is 10.1. The molecule has 0 aromatic heterocycles. The molecule has 0 aromatic carbocycles. The van der Waals surface area contributed by atoms with E-state index in [-0.39, 0.29) is 18.4 Å². The third-order valence-electron chi connectivity index (χ3n) is 2.68. The molecule has 17 heavy (non-hydrogen) atoms. The van der Waals surface area contributed by atoms with Gasteiger partial charge in [0, 0.05) is 13.2 Å². The van der Waals surface area contributed by atoms with Gasteiger partial charge in [-0.25, -0.2) is 0 Å². The highest BCUT2D eigenvalue weighted by molar-refractivity contribution is 5.84. The zero-order chi connectivity index (χ0) is 12.8. The van der Waals surface area contributed by atoms with Crippen LogP contribution in [0.1, 0.15) is 33.1 Å². The summed E-state index contributed by atoms with van der Waals surface area (Å²) < 4.78 is 5.40. The number of carboxylic acid groups (broad SMARTS) is 1. The molecule has 0 bridgehead atoms. The van der Waals surface area contributed by atoms with Crippen molar-refractivity contribution in [1.82, 2.24) is 4.90 Å². The van der Waals surface area contributed by atoms with Crippen LogP contribution in [-0.4, -0.2) is 47.7 Å². The minimum atomic E-state index is -0.977. The van der Waals surface area contributed by atoms with Crippen molar-refractivity contribution in [3.8, 4) is 0 Å². The molecule has 5 nitrogen and oxygen atoms in total. The van der Waals surface area contributed by atoms with E-state index >= 15 is 0 Å². The summed E-state index contributed by atoms with van der Waals surface area (Å²) in [5.74, 6) is -0.905. The van der Waals surface area contributed by atoms with Gasteiger partial charge in [-0.3, -0.25) is 9.59 Å². The average Bonchev–Trinajstić information content (AvgIpc) is 2.27. The third kappa shape index (κ3) is 4.73. The van der Waals surface area contributed by atoms with Crippen molar-refractivity contribution in [1.29, 1.82) is 0 Å². The number of aliphatic carboxylic acids is 1. The van der Waals surface area contributed by atoms with Crippen LogP contribution in [0.25, 0.3) is 0 Å². The number of carboxylic acids is 1. The van der Waals surface area contributed by atoms with E-state index in [1.165, 1.54) is 4.90 Å². The number of hydrogen-bond acceptors (Lipinski definition) is 3. The Balaban J connectivity index is 2.60. The lowest BCUT2D eigenvalue weighted by Gasteiger charge is -2.29. The molecule has 1 heterocycles. The number of ether oxygens (including phenoxy) is 1. The van der Waals surface area contributed by atoms with Crippen LogP contribution < -0.4 is 0 Å². The Labute approximate surface area is 102 Å². The molecule has 1 rings (SSSR count). The number of carbonyl (C=O) groups is 2. The summed E-state index contributed by atoms with van der Waals surface area (Å²) in [7, 11) is 0. The van der Waals surface area contributed by atoms with Crippen molar-refractivity contribution in [2.75, 3.05) is 19.7 Å². The molecule has 1 amide bonds. The molecule has 0 aliphatic carbocycles. The van der Waals surface area contributed by atoms with E-state index < -0.39 is 12.1 Å². The molecule has 1 fully saturated rings. The fourth-order valence-electron chi connectivity index (χ4n) is 1.98. The van der Waals surface area contributed by atoms with E-state index in [1.54, 1.807) is 0 Å². The molecule has 1 aliphatic rings. The first-order valence-corrected chi connectivity index (χ1v) is 6.13. The predicted molar refractivity (Wildman–Crippen MR) is 62.6 cm³/mol. The van der Waals surface area contributed by atoms with Crippen molar-refractivity contribution in [2.45, 2.75) is 39.2 Å². The fourth-order valence-corrected chi connectivity index (χ4v) is 1.98. The number of rotatable bonds is 5. The molecular formula is C12H21NO4. The van der Waals surface area contributed by atoms with E-state index in [9.17, 15) is 9.59 Å². The third-order valence-corrected chi connectivity index (χ3v) is 2.68. The Hall–Kier alpha value is -1.10. The number of amides is 1. The Bertz CT molecular complexity index is 272. The van der Waals surface area contributed by atoms with Gasteiger partial charge in [0.05, 0.1) is 0 Å². The molecule has 1 atom stereocenters. The van der Waals surface area contributed by atoms with Crippen molar-refractivity contribution in [3.63, 3.8) is 0 Å². The van der Waals surface area contributed by atoms with Crippen LogP contribution in [0, 0.1) is 5.92 Å². The Morgan fingerprint density at radius 3 is 2.59 bits per heavy atom. The number of nitrogens with zero attached hydrogens (tertiary/aromatic N) is 1. The summed E-state index contributed by atoms with van der Waals surface area (Å²) in [5, 5.41) is 8.81. The lowest BCUT2D eigenvalue weighted by Crippen LogP contribution is -2.45. The van der Waals surface area contributed by atoms with Gasteiger partial charge in [-0.05, 0) is 25.2 Å². The molecule has 5 heteroatoms. The predicted octanol–water partition coefficient (Wildman–Crippen LogP) is 1.12. The van der Waals surface area contributed by atoms with Crippen LogP contribution in [0.4, 0.5) is 0 Å². The van der Waals surface area contributed by atoms with Crippen LogP contribution >= 0.6 is 0 Å². The van der Waals surface area contributed by atoms with Gasteiger partial charge < -0.3 is 14.7 Å². The van der Waals surface area contributed by atoms with E-state index in [0.717, 1.165) is 12.8 Å².